The summed E-state index contributed by atoms with van der Waals surface area (Å²) in [6.07, 6.45) is 0. The van der Waals surface area contributed by atoms with Crippen molar-refractivity contribution in [2.75, 3.05) is 43.1 Å². The van der Waals surface area contributed by atoms with Crippen molar-refractivity contribution in [1.29, 1.82) is 0 Å². The first kappa shape index (κ1) is 25.1. The number of para-hydroxylation sites is 1. The van der Waals surface area contributed by atoms with Gasteiger partial charge in [-0.25, -0.2) is 9.67 Å². The van der Waals surface area contributed by atoms with Crippen molar-refractivity contribution in [1.82, 2.24) is 4.68 Å². The third-order valence-corrected chi connectivity index (χ3v) is 7.65. The second-order valence-corrected chi connectivity index (χ2v) is 10.3. The number of benzene rings is 3. The Balaban J connectivity index is 1.42. The van der Waals surface area contributed by atoms with Crippen LogP contribution in [0.4, 0.5) is 17.1 Å². The standard InChI is InChI=1S/C30H29N5O3S/c1-20-5-3-4-6-25(20)32-30-35(27(19-39-30)23-9-12-28-26(17-23)31-29(36)18-38-28)33-21(2)22-7-10-24(11-8-22)34-13-15-37-16-14-34/h3-12,17,19H,13-16,18H2,1-2H3,(H,31,36). The minimum absolute atomic E-state index is 0.0259. The van der Waals surface area contributed by atoms with E-state index in [1.165, 1.54) is 17.0 Å². The van der Waals surface area contributed by atoms with Gasteiger partial charge in [-0.2, -0.15) is 5.10 Å². The maximum atomic E-state index is 11.9. The summed E-state index contributed by atoms with van der Waals surface area (Å²) in [7, 11) is 0. The molecule has 3 heterocycles. The van der Waals surface area contributed by atoms with Gasteiger partial charge in [0.2, 0.25) is 4.80 Å². The third-order valence-electron chi connectivity index (χ3n) is 6.84. The van der Waals surface area contributed by atoms with Gasteiger partial charge in [-0.15, -0.1) is 11.3 Å². The van der Waals surface area contributed by atoms with Crippen LogP contribution in [0.25, 0.3) is 11.3 Å². The summed E-state index contributed by atoms with van der Waals surface area (Å²) in [6.45, 7) is 7.40. The number of aryl methyl sites for hydroxylation is 1. The average Bonchev–Trinajstić information content (AvgIpc) is 3.36. The summed E-state index contributed by atoms with van der Waals surface area (Å²) in [4.78, 5) is 20.0. The number of ether oxygens (including phenoxy) is 2. The summed E-state index contributed by atoms with van der Waals surface area (Å²) in [5, 5.41) is 10.0. The highest BCUT2D eigenvalue weighted by Gasteiger charge is 2.18. The van der Waals surface area contributed by atoms with Gasteiger partial charge in [0.15, 0.2) is 6.61 Å². The van der Waals surface area contributed by atoms with Crippen LogP contribution in [-0.2, 0) is 9.53 Å². The third kappa shape index (κ3) is 5.36. The monoisotopic (exact) mass is 539 g/mol. The summed E-state index contributed by atoms with van der Waals surface area (Å²) in [6, 6.07) is 22.3. The lowest BCUT2D eigenvalue weighted by Gasteiger charge is -2.28. The van der Waals surface area contributed by atoms with Gasteiger partial charge in [-0.05, 0) is 61.4 Å². The molecule has 2 aliphatic rings. The summed E-state index contributed by atoms with van der Waals surface area (Å²) in [5.74, 6) is 0.493. The van der Waals surface area contributed by atoms with E-state index in [0.29, 0.717) is 11.4 Å². The number of carbonyl (C=O) groups is 1. The number of hydrogen-bond acceptors (Lipinski definition) is 7. The molecule has 8 nitrogen and oxygen atoms in total. The number of nitrogens with zero attached hydrogens (tertiary/aromatic N) is 4. The van der Waals surface area contributed by atoms with Crippen LogP contribution in [0, 0.1) is 6.92 Å². The van der Waals surface area contributed by atoms with E-state index in [2.05, 4.69) is 34.5 Å². The predicted octanol–water partition coefficient (Wildman–Crippen LogP) is 5.20. The number of thiazole rings is 1. The molecule has 0 unspecified atom stereocenters. The molecule has 1 saturated heterocycles. The molecule has 3 aromatic carbocycles. The minimum atomic E-state index is -0.164. The van der Waals surface area contributed by atoms with Crippen molar-refractivity contribution >= 4 is 40.0 Å². The van der Waals surface area contributed by atoms with Crippen LogP contribution in [0.15, 0.2) is 82.2 Å². The zero-order valence-electron chi connectivity index (χ0n) is 21.9. The molecule has 39 heavy (non-hydrogen) atoms. The summed E-state index contributed by atoms with van der Waals surface area (Å²) >= 11 is 1.52. The second kappa shape index (κ2) is 10.9. The van der Waals surface area contributed by atoms with Crippen LogP contribution in [0.5, 0.6) is 5.75 Å². The molecular weight excluding hydrogens is 510 g/mol. The Morgan fingerprint density at radius 3 is 2.62 bits per heavy atom. The Kier molecular flexibility index (Phi) is 7.00. The van der Waals surface area contributed by atoms with Crippen LogP contribution in [0.2, 0.25) is 0 Å². The Morgan fingerprint density at radius 2 is 1.82 bits per heavy atom. The average molecular weight is 540 g/mol. The minimum Gasteiger partial charge on any atom is -0.482 e. The predicted molar refractivity (Wildman–Crippen MR) is 155 cm³/mol. The summed E-state index contributed by atoms with van der Waals surface area (Å²) in [5.41, 5.74) is 7.50. The normalized spacial score (nSPS) is 16.1. The van der Waals surface area contributed by atoms with Crippen molar-refractivity contribution < 1.29 is 14.3 Å². The first-order valence-electron chi connectivity index (χ1n) is 12.9. The van der Waals surface area contributed by atoms with Crippen molar-refractivity contribution in [3.63, 3.8) is 0 Å². The lowest BCUT2D eigenvalue weighted by Crippen LogP contribution is -2.36. The molecule has 1 amide bonds. The lowest BCUT2D eigenvalue weighted by atomic mass is 10.1. The molecule has 0 saturated carbocycles. The highest BCUT2D eigenvalue weighted by atomic mass is 32.1. The fourth-order valence-electron chi connectivity index (χ4n) is 4.65. The van der Waals surface area contributed by atoms with Gasteiger partial charge < -0.3 is 19.7 Å². The number of amides is 1. The number of carbonyl (C=O) groups excluding carboxylic acids is 1. The molecule has 2 aliphatic heterocycles. The molecular formula is C30H29N5O3S. The highest BCUT2D eigenvalue weighted by Crippen LogP contribution is 2.33. The quantitative estimate of drug-likeness (QED) is 0.354. The van der Waals surface area contributed by atoms with Gasteiger partial charge in [0.25, 0.3) is 5.91 Å². The van der Waals surface area contributed by atoms with E-state index in [1.54, 1.807) is 0 Å². The van der Waals surface area contributed by atoms with E-state index in [0.717, 1.165) is 64.9 Å². The second-order valence-electron chi connectivity index (χ2n) is 9.49. The molecule has 0 radical (unpaired) electrons. The fourth-order valence-corrected chi connectivity index (χ4v) is 5.49. The number of aromatic nitrogens is 1. The first-order valence-corrected chi connectivity index (χ1v) is 13.8. The molecule has 1 N–H and O–H groups in total. The Hall–Kier alpha value is -4.21. The molecule has 6 rings (SSSR count). The van der Waals surface area contributed by atoms with Crippen molar-refractivity contribution in [3.8, 4) is 17.0 Å². The molecule has 0 atom stereocenters. The largest absolute Gasteiger partial charge is 0.482 e. The molecule has 9 heteroatoms. The maximum Gasteiger partial charge on any atom is 0.262 e. The number of rotatable bonds is 5. The molecule has 1 fully saturated rings. The van der Waals surface area contributed by atoms with Crippen LogP contribution in [0.1, 0.15) is 18.1 Å². The van der Waals surface area contributed by atoms with Gasteiger partial charge >= 0.3 is 0 Å². The van der Waals surface area contributed by atoms with Crippen LogP contribution < -0.4 is 19.8 Å². The molecule has 4 aromatic rings. The Labute approximate surface area is 230 Å². The van der Waals surface area contributed by atoms with Crippen LogP contribution in [-0.4, -0.2) is 49.2 Å². The van der Waals surface area contributed by atoms with Crippen LogP contribution in [0.3, 0.4) is 0 Å². The zero-order chi connectivity index (χ0) is 26.8. The molecule has 198 valence electrons. The molecule has 0 aliphatic carbocycles. The smallest absolute Gasteiger partial charge is 0.262 e. The summed E-state index contributed by atoms with van der Waals surface area (Å²) < 4.78 is 12.9. The topological polar surface area (TPSA) is 80.5 Å². The van der Waals surface area contributed by atoms with Gasteiger partial charge in [0.05, 0.1) is 36.0 Å². The van der Waals surface area contributed by atoms with Crippen molar-refractivity contribution in [3.05, 3.63) is 88.0 Å². The first-order chi connectivity index (χ1) is 19.0. The van der Waals surface area contributed by atoms with Gasteiger partial charge in [0.1, 0.15) is 5.75 Å². The molecule has 0 spiro atoms. The molecule has 1 aromatic heterocycles. The zero-order valence-corrected chi connectivity index (χ0v) is 22.7. The number of hydrogen-bond donors (Lipinski definition) is 1. The Morgan fingerprint density at radius 1 is 1.03 bits per heavy atom. The SMILES string of the molecule is CC(=Nn1c(-c2ccc3c(c2)NC(=O)CO3)csc1=Nc1ccccc1C)c1ccc(N2CCOCC2)cc1. The number of nitrogens with one attached hydrogen (secondary N) is 1. The number of anilines is 2. The van der Waals surface area contributed by atoms with E-state index in [-0.39, 0.29) is 12.5 Å². The van der Waals surface area contributed by atoms with Crippen LogP contribution >= 0.6 is 11.3 Å². The molecule has 0 bridgehead atoms. The number of morpholine rings is 1. The number of fused-ring (bicyclic) bond motifs is 1. The maximum absolute atomic E-state index is 11.9. The lowest BCUT2D eigenvalue weighted by molar-refractivity contribution is -0.118. The van der Waals surface area contributed by atoms with E-state index >= 15 is 0 Å². The van der Waals surface area contributed by atoms with Crippen molar-refractivity contribution in [2.45, 2.75) is 13.8 Å². The highest BCUT2D eigenvalue weighted by molar-refractivity contribution is 7.07. The van der Waals surface area contributed by atoms with E-state index in [1.807, 2.05) is 66.4 Å². The van der Waals surface area contributed by atoms with Gasteiger partial charge in [-0.3, -0.25) is 4.79 Å². The van der Waals surface area contributed by atoms with Crippen molar-refractivity contribution in [2.24, 2.45) is 10.1 Å². The van der Waals surface area contributed by atoms with E-state index in [4.69, 9.17) is 19.6 Å². The van der Waals surface area contributed by atoms with Gasteiger partial charge in [0, 0.05) is 29.7 Å². The fraction of sp³-hybridized carbons (Fsp3) is 0.233. The Bertz CT molecular complexity index is 1610. The van der Waals surface area contributed by atoms with Gasteiger partial charge in [-0.1, -0.05) is 30.3 Å². The van der Waals surface area contributed by atoms with E-state index < -0.39 is 0 Å². The van der Waals surface area contributed by atoms with E-state index in [9.17, 15) is 4.79 Å².